The molecule has 0 fully saturated rings. The number of hydrogen-bond acceptors (Lipinski definition) is 2. The number of hydrogen-bond donors (Lipinski definition) is 1. The van der Waals surface area contributed by atoms with E-state index in [9.17, 15) is 0 Å². The Balaban J connectivity index is 2.33. The molecular weight excluding hydrogens is 258 g/mol. The van der Waals surface area contributed by atoms with E-state index in [0.29, 0.717) is 6.04 Å². The standard InChI is InChI=1S/C19H25NO/c1-5-20-17(11-14(2)3)12-16-8-6-7-15-9-10-18(21-4)13-19(15)16/h6-10,13,17,20H,2,5,11-12H2,1,3-4H3. The van der Waals surface area contributed by atoms with Gasteiger partial charge in [-0.1, -0.05) is 36.8 Å². The van der Waals surface area contributed by atoms with E-state index in [-0.39, 0.29) is 0 Å². The van der Waals surface area contributed by atoms with Crippen molar-refractivity contribution >= 4 is 10.8 Å². The van der Waals surface area contributed by atoms with E-state index < -0.39 is 0 Å². The fourth-order valence-electron chi connectivity index (χ4n) is 2.81. The van der Waals surface area contributed by atoms with Gasteiger partial charge < -0.3 is 10.1 Å². The molecule has 21 heavy (non-hydrogen) atoms. The van der Waals surface area contributed by atoms with Crippen molar-refractivity contribution in [1.29, 1.82) is 0 Å². The van der Waals surface area contributed by atoms with Crippen molar-refractivity contribution < 1.29 is 4.74 Å². The van der Waals surface area contributed by atoms with Crippen molar-refractivity contribution in [1.82, 2.24) is 5.32 Å². The lowest BCUT2D eigenvalue weighted by molar-refractivity contribution is 0.415. The van der Waals surface area contributed by atoms with E-state index in [1.807, 2.05) is 6.07 Å². The Bertz CT molecular complexity index is 618. The van der Waals surface area contributed by atoms with E-state index in [1.54, 1.807) is 7.11 Å². The Kier molecular flexibility index (Phi) is 5.40. The Labute approximate surface area is 127 Å². The van der Waals surface area contributed by atoms with E-state index >= 15 is 0 Å². The third-order valence-electron chi connectivity index (χ3n) is 3.73. The van der Waals surface area contributed by atoms with Crippen LogP contribution in [0.25, 0.3) is 10.8 Å². The highest BCUT2D eigenvalue weighted by molar-refractivity contribution is 5.87. The van der Waals surface area contributed by atoms with E-state index in [1.165, 1.54) is 21.9 Å². The smallest absolute Gasteiger partial charge is 0.119 e. The molecule has 0 bridgehead atoms. The average Bonchev–Trinajstić information content (AvgIpc) is 2.46. The van der Waals surface area contributed by atoms with Gasteiger partial charge in [0, 0.05) is 6.04 Å². The first-order valence-corrected chi connectivity index (χ1v) is 7.57. The van der Waals surface area contributed by atoms with Crippen LogP contribution in [-0.4, -0.2) is 19.7 Å². The second-order valence-electron chi connectivity index (χ2n) is 5.62. The van der Waals surface area contributed by atoms with Crippen LogP contribution in [0.3, 0.4) is 0 Å². The topological polar surface area (TPSA) is 21.3 Å². The lowest BCUT2D eigenvalue weighted by Crippen LogP contribution is -2.31. The molecule has 0 amide bonds. The first-order valence-electron chi connectivity index (χ1n) is 7.57. The molecule has 0 aliphatic carbocycles. The second kappa shape index (κ2) is 7.28. The molecule has 0 saturated heterocycles. The largest absolute Gasteiger partial charge is 0.497 e. The van der Waals surface area contributed by atoms with Crippen LogP contribution < -0.4 is 10.1 Å². The molecular formula is C19H25NO. The SMILES string of the molecule is C=C(C)CC(Cc1cccc2ccc(OC)cc12)NCC. The van der Waals surface area contributed by atoms with Gasteiger partial charge in [-0.3, -0.25) is 0 Å². The maximum atomic E-state index is 5.36. The number of methoxy groups -OCH3 is 1. The van der Waals surface area contributed by atoms with Crippen molar-refractivity contribution in [2.75, 3.05) is 13.7 Å². The van der Waals surface area contributed by atoms with Crippen LogP contribution in [0.5, 0.6) is 5.75 Å². The summed E-state index contributed by atoms with van der Waals surface area (Å²) in [5.74, 6) is 0.912. The summed E-state index contributed by atoms with van der Waals surface area (Å²) in [6.45, 7) is 9.27. The summed E-state index contributed by atoms with van der Waals surface area (Å²) < 4.78 is 5.36. The monoisotopic (exact) mass is 283 g/mol. The first-order chi connectivity index (χ1) is 10.1. The lowest BCUT2D eigenvalue weighted by Gasteiger charge is -2.19. The van der Waals surface area contributed by atoms with E-state index in [0.717, 1.165) is 25.1 Å². The van der Waals surface area contributed by atoms with Gasteiger partial charge in [0.2, 0.25) is 0 Å². The van der Waals surface area contributed by atoms with Crippen LogP contribution in [0, 0.1) is 0 Å². The zero-order valence-corrected chi connectivity index (χ0v) is 13.3. The molecule has 0 radical (unpaired) electrons. The molecule has 112 valence electrons. The molecule has 1 N–H and O–H groups in total. The minimum atomic E-state index is 0.435. The Morgan fingerprint density at radius 1 is 1.29 bits per heavy atom. The van der Waals surface area contributed by atoms with Crippen LogP contribution in [0.2, 0.25) is 0 Å². The van der Waals surface area contributed by atoms with Crippen LogP contribution in [-0.2, 0) is 6.42 Å². The molecule has 0 saturated carbocycles. The van der Waals surface area contributed by atoms with Crippen molar-refractivity contribution in [2.45, 2.75) is 32.7 Å². The maximum absolute atomic E-state index is 5.36. The molecule has 0 spiro atoms. The number of benzene rings is 2. The molecule has 0 aromatic heterocycles. The van der Waals surface area contributed by atoms with E-state index in [2.05, 4.69) is 56.1 Å². The van der Waals surface area contributed by atoms with Gasteiger partial charge in [0.15, 0.2) is 0 Å². The van der Waals surface area contributed by atoms with Crippen LogP contribution >= 0.6 is 0 Å². The molecule has 1 unspecified atom stereocenters. The molecule has 2 aromatic rings. The summed E-state index contributed by atoms with van der Waals surface area (Å²) in [5.41, 5.74) is 2.58. The van der Waals surface area contributed by atoms with Gasteiger partial charge in [-0.25, -0.2) is 0 Å². The van der Waals surface area contributed by atoms with Crippen LogP contribution in [0.4, 0.5) is 0 Å². The van der Waals surface area contributed by atoms with Gasteiger partial charge >= 0.3 is 0 Å². The molecule has 0 aliphatic heterocycles. The minimum Gasteiger partial charge on any atom is -0.497 e. The quantitative estimate of drug-likeness (QED) is 0.763. The third kappa shape index (κ3) is 4.08. The lowest BCUT2D eigenvalue weighted by atomic mass is 9.95. The molecule has 0 aliphatic rings. The highest BCUT2D eigenvalue weighted by atomic mass is 16.5. The van der Waals surface area contributed by atoms with Crippen molar-refractivity contribution in [3.63, 3.8) is 0 Å². The molecule has 2 nitrogen and oxygen atoms in total. The summed E-state index contributed by atoms with van der Waals surface area (Å²) in [6, 6.07) is 13.2. The number of likely N-dealkylation sites (N-methyl/N-ethyl adjacent to an activating group) is 1. The fourth-order valence-corrected chi connectivity index (χ4v) is 2.81. The average molecular weight is 283 g/mol. The number of fused-ring (bicyclic) bond motifs is 1. The zero-order valence-electron chi connectivity index (χ0n) is 13.3. The predicted molar refractivity (Wildman–Crippen MR) is 91.1 cm³/mol. The third-order valence-corrected chi connectivity index (χ3v) is 3.73. The highest BCUT2D eigenvalue weighted by Gasteiger charge is 2.11. The zero-order chi connectivity index (χ0) is 15.2. The highest BCUT2D eigenvalue weighted by Crippen LogP contribution is 2.25. The normalized spacial score (nSPS) is 12.3. The predicted octanol–water partition coefficient (Wildman–Crippen LogP) is 4.34. The molecule has 2 rings (SSSR count). The maximum Gasteiger partial charge on any atom is 0.119 e. The van der Waals surface area contributed by atoms with Crippen LogP contribution in [0.1, 0.15) is 25.8 Å². The van der Waals surface area contributed by atoms with Gasteiger partial charge in [-0.15, -0.1) is 6.58 Å². The summed E-state index contributed by atoms with van der Waals surface area (Å²) in [7, 11) is 1.71. The molecule has 0 heterocycles. The van der Waals surface area contributed by atoms with Crippen molar-refractivity contribution in [3.8, 4) is 5.75 Å². The minimum absolute atomic E-state index is 0.435. The van der Waals surface area contributed by atoms with Crippen LogP contribution in [0.15, 0.2) is 48.6 Å². The summed E-state index contributed by atoms with van der Waals surface area (Å²) in [4.78, 5) is 0. The summed E-state index contributed by atoms with van der Waals surface area (Å²) in [6.07, 6.45) is 2.01. The van der Waals surface area contributed by atoms with Gasteiger partial charge in [0.25, 0.3) is 0 Å². The van der Waals surface area contributed by atoms with Gasteiger partial charge in [0.1, 0.15) is 5.75 Å². The number of rotatable bonds is 7. The van der Waals surface area contributed by atoms with Crippen molar-refractivity contribution in [3.05, 3.63) is 54.1 Å². The van der Waals surface area contributed by atoms with Gasteiger partial charge in [-0.2, -0.15) is 0 Å². The molecule has 2 aromatic carbocycles. The Morgan fingerprint density at radius 2 is 2.10 bits per heavy atom. The summed E-state index contributed by atoms with van der Waals surface area (Å²) >= 11 is 0. The second-order valence-corrected chi connectivity index (χ2v) is 5.62. The van der Waals surface area contributed by atoms with Gasteiger partial charge in [-0.05, 0) is 54.8 Å². The van der Waals surface area contributed by atoms with Gasteiger partial charge in [0.05, 0.1) is 7.11 Å². The number of nitrogens with one attached hydrogen (secondary N) is 1. The van der Waals surface area contributed by atoms with E-state index in [4.69, 9.17) is 4.74 Å². The Morgan fingerprint density at radius 3 is 2.76 bits per heavy atom. The Hall–Kier alpha value is -1.80. The first kappa shape index (κ1) is 15.6. The molecule has 2 heteroatoms. The fraction of sp³-hybridized carbons (Fsp3) is 0.368. The number of ether oxygens (including phenoxy) is 1. The molecule has 1 atom stereocenters. The summed E-state index contributed by atoms with van der Waals surface area (Å²) in [5, 5.41) is 6.11. The van der Waals surface area contributed by atoms with Crippen molar-refractivity contribution in [2.24, 2.45) is 0 Å².